The maximum absolute atomic E-state index is 6.00. The molecule has 0 aromatic heterocycles. The largest absolute Gasteiger partial charge is 0.487 e. The Morgan fingerprint density at radius 3 is 2.36 bits per heavy atom. The number of anilines is 1. The Balaban J connectivity index is 3.04. The number of rotatable bonds is 1. The van der Waals surface area contributed by atoms with Crippen LogP contribution in [-0.4, -0.2) is 5.60 Å². The van der Waals surface area contributed by atoms with E-state index in [1.54, 1.807) is 6.07 Å². The van der Waals surface area contributed by atoms with E-state index >= 15 is 0 Å². The van der Waals surface area contributed by atoms with E-state index in [9.17, 15) is 0 Å². The Kier molecular flexibility index (Phi) is 2.95. The molecule has 2 nitrogen and oxygen atoms in total. The van der Waals surface area contributed by atoms with Gasteiger partial charge in [-0.15, -0.1) is 0 Å². The van der Waals surface area contributed by atoms with Crippen molar-refractivity contribution in [2.24, 2.45) is 0 Å². The molecule has 0 bridgehead atoms. The molecule has 0 saturated heterocycles. The van der Waals surface area contributed by atoms with Crippen LogP contribution in [0.2, 0.25) is 5.02 Å². The van der Waals surface area contributed by atoms with E-state index in [2.05, 4.69) is 0 Å². The summed E-state index contributed by atoms with van der Waals surface area (Å²) in [7, 11) is 0. The monoisotopic (exact) mass is 213 g/mol. The molecule has 0 heterocycles. The van der Waals surface area contributed by atoms with E-state index in [1.807, 2.05) is 33.8 Å². The number of ether oxygens (including phenoxy) is 1. The van der Waals surface area contributed by atoms with Crippen molar-refractivity contribution in [2.45, 2.75) is 33.3 Å². The Morgan fingerprint density at radius 2 is 1.86 bits per heavy atom. The number of nitrogen functional groups attached to an aromatic ring is 1. The second kappa shape index (κ2) is 3.70. The van der Waals surface area contributed by atoms with Crippen LogP contribution in [0.1, 0.15) is 26.3 Å². The van der Waals surface area contributed by atoms with Crippen molar-refractivity contribution in [1.29, 1.82) is 0 Å². The van der Waals surface area contributed by atoms with Crippen LogP contribution in [0.25, 0.3) is 0 Å². The lowest BCUT2D eigenvalue weighted by atomic mass is 10.1. The van der Waals surface area contributed by atoms with E-state index in [4.69, 9.17) is 22.1 Å². The molecule has 1 aromatic carbocycles. The number of hydrogen-bond donors (Lipinski definition) is 1. The highest BCUT2D eigenvalue weighted by molar-refractivity contribution is 6.32. The van der Waals surface area contributed by atoms with Crippen LogP contribution in [0.3, 0.4) is 0 Å². The minimum atomic E-state index is -0.244. The van der Waals surface area contributed by atoms with Crippen molar-refractivity contribution in [1.82, 2.24) is 0 Å². The van der Waals surface area contributed by atoms with Gasteiger partial charge >= 0.3 is 0 Å². The fourth-order valence-electron chi connectivity index (χ4n) is 1.08. The van der Waals surface area contributed by atoms with E-state index in [0.29, 0.717) is 16.5 Å². The minimum Gasteiger partial charge on any atom is -0.487 e. The van der Waals surface area contributed by atoms with Crippen LogP contribution in [0, 0.1) is 6.92 Å². The van der Waals surface area contributed by atoms with Gasteiger partial charge in [0.2, 0.25) is 0 Å². The van der Waals surface area contributed by atoms with Gasteiger partial charge in [0.1, 0.15) is 11.4 Å². The lowest BCUT2D eigenvalue weighted by Crippen LogP contribution is -2.23. The molecular formula is C11H16ClNO. The zero-order chi connectivity index (χ0) is 10.9. The van der Waals surface area contributed by atoms with E-state index in [-0.39, 0.29) is 5.60 Å². The Morgan fingerprint density at radius 1 is 1.29 bits per heavy atom. The molecule has 3 heteroatoms. The maximum atomic E-state index is 6.00. The van der Waals surface area contributed by atoms with E-state index in [1.165, 1.54) is 0 Å². The smallest absolute Gasteiger partial charge is 0.139 e. The van der Waals surface area contributed by atoms with Crippen LogP contribution in [0.5, 0.6) is 5.75 Å². The van der Waals surface area contributed by atoms with Gasteiger partial charge in [-0.05, 0) is 45.4 Å². The van der Waals surface area contributed by atoms with Crippen molar-refractivity contribution in [2.75, 3.05) is 5.73 Å². The van der Waals surface area contributed by atoms with Gasteiger partial charge in [-0.1, -0.05) is 11.6 Å². The summed E-state index contributed by atoms with van der Waals surface area (Å²) < 4.78 is 5.68. The van der Waals surface area contributed by atoms with Crippen LogP contribution in [0.15, 0.2) is 12.1 Å². The molecule has 2 N–H and O–H groups in total. The van der Waals surface area contributed by atoms with Crippen molar-refractivity contribution in [3.05, 3.63) is 22.7 Å². The zero-order valence-electron chi connectivity index (χ0n) is 9.02. The Hall–Kier alpha value is -0.890. The molecule has 1 rings (SSSR count). The quantitative estimate of drug-likeness (QED) is 0.726. The van der Waals surface area contributed by atoms with Gasteiger partial charge in [0.25, 0.3) is 0 Å². The van der Waals surface area contributed by atoms with Crippen LogP contribution < -0.4 is 10.5 Å². The number of nitrogens with two attached hydrogens (primary N) is 1. The number of hydrogen-bond acceptors (Lipinski definition) is 2. The summed E-state index contributed by atoms with van der Waals surface area (Å²) in [5, 5.41) is 0.558. The Bertz CT molecular complexity index is 342. The molecule has 0 saturated carbocycles. The first kappa shape index (κ1) is 11.2. The second-order valence-corrected chi connectivity index (χ2v) is 4.76. The molecule has 0 aliphatic rings. The predicted molar refractivity (Wildman–Crippen MR) is 61.0 cm³/mol. The molecule has 0 atom stereocenters. The van der Waals surface area contributed by atoms with Crippen LogP contribution in [0.4, 0.5) is 5.69 Å². The number of halogens is 1. The van der Waals surface area contributed by atoms with Crippen LogP contribution in [-0.2, 0) is 0 Å². The average Bonchev–Trinajstić information content (AvgIpc) is 1.97. The van der Waals surface area contributed by atoms with Gasteiger partial charge < -0.3 is 10.5 Å². The number of benzene rings is 1. The first-order valence-electron chi connectivity index (χ1n) is 4.54. The van der Waals surface area contributed by atoms with Gasteiger partial charge in [-0.25, -0.2) is 0 Å². The third kappa shape index (κ3) is 2.81. The van der Waals surface area contributed by atoms with Gasteiger partial charge in [-0.3, -0.25) is 0 Å². The summed E-state index contributed by atoms with van der Waals surface area (Å²) in [6.45, 7) is 7.88. The summed E-state index contributed by atoms with van der Waals surface area (Å²) in [5.74, 6) is 0.686. The molecule has 0 amide bonds. The predicted octanol–water partition coefficient (Wildman–Crippen LogP) is 3.41. The van der Waals surface area contributed by atoms with Gasteiger partial charge in [0, 0.05) is 5.69 Å². The molecule has 0 aliphatic heterocycles. The molecule has 1 aromatic rings. The molecule has 0 aliphatic carbocycles. The van der Waals surface area contributed by atoms with Crippen molar-refractivity contribution >= 4 is 17.3 Å². The highest BCUT2D eigenvalue weighted by Crippen LogP contribution is 2.31. The summed E-state index contributed by atoms with van der Waals surface area (Å²) in [6.07, 6.45) is 0. The summed E-state index contributed by atoms with van der Waals surface area (Å²) in [5.41, 5.74) is 7.14. The summed E-state index contributed by atoms with van der Waals surface area (Å²) in [4.78, 5) is 0. The first-order valence-corrected chi connectivity index (χ1v) is 4.92. The minimum absolute atomic E-state index is 0.244. The maximum Gasteiger partial charge on any atom is 0.139 e. The Labute approximate surface area is 90.0 Å². The van der Waals surface area contributed by atoms with Crippen molar-refractivity contribution < 1.29 is 4.74 Å². The van der Waals surface area contributed by atoms with Crippen LogP contribution >= 0.6 is 11.6 Å². The fourth-order valence-corrected chi connectivity index (χ4v) is 1.29. The molecule has 0 radical (unpaired) electrons. The normalized spacial score (nSPS) is 11.5. The second-order valence-electron chi connectivity index (χ2n) is 4.35. The van der Waals surface area contributed by atoms with Crippen molar-refractivity contribution in [3.63, 3.8) is 0 Å². The average molecular weight is 214 g/mol. The first-order chi connectivity index (χ1) is 6.29. The fraction of sp³-hybridized carbons (Fsp3) is 0.455. The van der Waals surface area contributed by atoms with E-state index in [0.717, 1.165) is 5.56 Å². The zero-order valence-corrected chi connectivity index (χ0v) is 9.77. The van der Waals surface area contributed by atoms with Crippen molar-refractivity contribution in [3.8, 4) is 5.75 Å². The number of aryl methyl sites for hydroxylation is 1. The van der Waals surface area contributed by atoms with Gasteiger partial charge in [-0.2, -0.15) is 0 Å². The lowest BCUT2D eigenvalue weighted by molar-refractivity contribution is 0.131. The third-order valence-electron chi connectivity index (χ3n) is 1.74. The molecular weight excluding hydrogens is 198 g/mol. The highest BCUT2D eigenvalue weighted by atomic mass is 35.5. The molecule has 78 valence electrons. The topological polar surface area (TPSA) is 35.2 Å². The van der Waals surface area contributed by atoms with Gasteiger partial charge in [0.15, 0.2) is 0 Å². The molecule has 14 heavy (non-hydrogen) atoms. The highest BCUT2D eigenvalue weighted by Gasteiger charge is 2.14. The third-order valence-corrected chi connectivity index (χ3v) is 2.03. The SMILES string of the molecule is Cc1cc(OC(C)(C)C)c(Cl)cc1N. The standard InChI is InChI=1S/C11H16ClNO/c1-7-5-10(14-11(2,3)4)8(12)6-9(7)13/h5-6H,13H2,1-4H3. The summed E-state index contributed by atoms with van der Waals surface area (Å²) >= 11 is 6.00. The lowest BCUT2D eigenvalue weighted by Gasteiger charge is -2.22. The van der Waals surface area contributed by atoms with E-state index < -0.39 is 0 Å². The molecule has 0 spiro atoms. The molecule has 0 unspecified atom stereocenters. The summed E-state index contributed by atoms with van der Waals surface area (Å²) in [6, 6.07) is 3.58. The van der Waals surface area contributed by atoms with Gasteiger partial charge in [0.05, 0.1) is 5.02 Å². The molecule has 0 fully saturated rings.